The zero-order valence-corrected chi connectivity index (χ0v) is 10.5. The highest BCUT2D eigenvalue weighted by Crippen LogP contribution is 2.13. The van der Waals surface area contributed by atoms with Crippen LogP contribution in [0.1, 0.15) is 16.8 Å². The zero-order chi connectivity index (χ0) is 13.1. The summed E-state index contributed by atoms with van der Waals surface area (Å²) >= 11 is 0. The molecule has 1 fully saturated rings. The molecule has 1 heterocycles. The Morgan fingerprint density at radius 1 is 1.33 bits per heavy atom. The quantitative estimate of drug-likeness (QED) is 0.804. The van der Waals surface area contributed by atoms with E-state index in [4.69, 9.17) is 4.74 Å². The van der Waals surface area contributed by atoms with E-state index >= 15 is 0 Å². The molecule has 1 aliphatic heterocycles. The summed E-state index contributed by atoms with van der Waals surface area (Å²) in [5.41, 5.74) is 1.56. The van der Waals surface area contributed by atoms with E-state index in [1.54, 1.807) is 12.1 Å². The first kappa shape index (κ1) is 12.4. The van der Waals surface area contributed by atoms with Gasteiger partial charge in [0, 0.05) is 31.8 Å². The van der Waals surface area contributed by atoms with Crippen LogP contribution in [0.15, 0.2) is 24.3 Å². The van der Waals surface area contributed by atoms with Gasteiger partial charge in [0.25, 0.3) is 5.91 Å². The summed E-state index contributed by atoms with van der Waals surface area (Å²) < 4.78 is 4.79. The van der Waals surface area contributed by atoms with Gasteiger partial charge in [0.15, 0.2) is 0 Å². The molecule has 1 amide bonds. The highest BCUT2D eigenvalue weighted by atomic mass is 16.5. The number of nitrogens with zero attached hydrogens (tertiary/aromatic N) is 1. The van der Waals surface area contributed by atoms with Crippen LogP contribution < -0.4 is 10.2 Å². The van der Waals surface area contributed by atoms with E-state index < -0.39 is 6.04 Å². The molecule has 18 heavy (non-hydrogen) atoms. The van der Waals surface area contributed by atoms with Crippen LogP contribution >= 0.6 is 0 Å². The van der Waals surface area contributed by atoms with Crippen molar-refractivity contribution in [1.29, 1.82) is 0 Å². The number of hydrogen-bond donors (Lipinski definition) is 1. The molecule has 0 aromatic heterocycles. The van der Waals surface area contributed by atoms with Gasteiger partial charge in [-0.25, -0.2) is 4.79 Å². The SMILES string of the molecule is CN(C)c1ccc(C(=O)NC2CCOC2=O)cc1. The summed E-state index contributed by atoms with van der Waals surface area (Å²) in [6.07, 6.45) is 0.542. The molecule has 1 aliphatic rings. The van der Waals surface area contributed by atoms with E-state index in [2.05, 4.69) is 5.32 Å². The van der Waals surface area contributed by atoms with E-state index in [9.17, 15) is 9.59 Å². The first-order valence-corrected chi connectivity index (χ1v) is 5.83. The number of ether oxygens (including phenoxy) is 1. The number of nitrogens with one attached hydrogen (secondary N) is 1. The predicted octanol–water partition coefficient (Wildman–Crippen LogP) is 0.798. The Morgan fingerprint density at radius 3 is 2.50 bits per heavy atom. The Kier molecular flexibility index (Phi) is 3.50. The van der Waals surface area contributed by atoms with Gasteiger partial charge in [0.1, 0.15) is 6.04 Å². The maximum Gasteiger partial charge on any atom is 0.328 e. The molecule has 1 saturated heterocycles. The average Bonchev–Trinajstić information content (AvgIpc) is 2.75. The number of benzene rings is 1. The van der Waals surface area contributed by atoms with Crippen LogP contribution in [-0.4, -0.2) is 38.6 Å². The molecule has 0 aliphatic carbocycles. The molecule has 96 valence electrons. The fourth-order valence-corrected chi connectivity index (χ4v) is 1.78. The number of rotatable bonds is 3. The minimum absolute atomic E-state index is 0.246. The number of carbonyl (C=O) groups is 2. The number of cyclic esters (lactones) is 1. The zero-order valence-electron chi connectivity index (χ0n) is 10.5. The predicted molar refractivity (Wildman–Crippen MR) is 67.6 cm³/mol. The lowest BCUT2D eigenvalue weighted by molar-refractivity contribution is -0.139. The third-order valence-corrected chi connectivity index (χ3v) is 2.89. The number of anilines is 1. The van der Waals surface area contributed by atoms with Gasteiger partial charge in [-0.05, 0) is 24.3 Å². The van der Waals surface area contributed by atoms with Gasteiger partial charge in [-0.15, -0.1) is 0 Å². The summed E-state index contributed by atoms with van der Waals surface area (Å²) in [5, 5.41) is 2.67. The molecule has 5 nitrogen and oxygen atoms in total. The summed E-state index contributed by atoms with van der Waals surface area (Å²) in [5.74, 6) is -0.600. The molecule has 0 saturated carbocycles. The lowest BCUT2D eigenvalue weighted by Gasteiger charge is -2.13. The van der Waals surface area contributed by atoms with Gasteiger partial charge < -0.3 is 15.0 Å². The van der Waals surface area contributed by atoms with Crippen molar-refractivity contribution in [2.24, 2.45) is 0 Å². The second kappa shape index (κ2) is 5.08. The number of hydrogen-bond acceptors (Lipinski definition) is 4. The topological polar surface area (TPSA) is 58.6 Å². The fourth-order valence-electron chi connectivity index (χ4n) is 1.78. The highest BCUT2D eigenvalue weighted by molar-refractivity contribution is 5.97. The molecule has 1 aromatic rings. The molecule has 0 radical (unpaired) electrons. The van der Waals surface area contributed by atoms with Crippen molar-refractivity contribution in [3.63, 3.8) is 0 Å². The van der Waals surface area contributed by atoms with Gasteiger partial charge in [-0.1, -0.05) is 0 Å². The van der Waals surface area contributed by atoms with Crippen molar-refractivity contribution >= 4 is 17.6 Å². The molecule has 2 rings (SSSR count). The van der Waals surface area contributed by atoms with Crippen LogP contribution in [0.5, 0.6) is 0 Å². The largest absolute Gasteiger partial charge is 0.464 e. The van der Waals surface area contributed by atoms with Gasteiger partial charge >= 0.3 is 5.97 Å². The van der Waals surface area contributed by atoms with Crippen LogP contribution in [0.2, 0.25) is 0 Å². The van der Waals surface area contributed by atoms with Crippen molar-refractivity contribution < 1.29 is 14.3 Å². The molecule has 1 unspecified atom stereocenters. The highest BCUT2D eigenvalue weighted by Gasteiger charge is 2.28. The first-order valence-electron chi connectivity index (χ1n) is 5.83. The van der Waals surface area contributed by atoms with Gasteiger partial charge in [0.05, 0.1) is 6.61 Å². The molecule has 0 bridgehead atoms. The number of amides is 1. The number of carbonyl (C=O) groups excluding carboxylic acids is 2. The maximum absolute atomic E-state index is 11.9. The Morgan fingerprint density at radius 2 is 2.00 bits per heavy atom. The molecule has 1 atom stereocenters. The molecule has 5 heteroatoms. The lowest BCUT2D eigenvalue weighted by Crippen LogP contribution is -2.37. The minimum Gasteiger partial charge on any atom is -0.464 e. The lowest BCUT2D eigenvalue weighted by atomic mass is 10.1. The van der Waals surface area contributed by atoms with Crippen LogP contribution in [0.25, 0.3) is 0 Å². The molecular weight excluding hydrogens is 232 g/mol. The van der Waals surface area contributed by atoms with Gasteiger partial charge in [0.2, 0.25) is 0 Å². The Balaban J connectivity index is 2.02. The van der Waals surface area contributed by atoms with Crippen molar-refractivity contribution in [2.75, 3.05) is 25.6 Å². The summed E-state index contributed by atoms with van der Waals surface area (Å²) in [6.45, 7) is 0.378. The third kappa shape index (κ3) is 2.61. The summed E-state index contributed by atoms with van der Waals surface area (Å²) in [6, 6.07) is 6.70. The van der Waals surface area contributed by atoms with Crippen molar-refractivity contribution in [2.45, 2.75) is 12.5 Å². The van der Waals surface area contributed by atoms with E-state index in [0.717, 1.165) is 5.69 Å². The average molecular weight is 248 g/mol. The first-order chi connectivity index (χ1) is 8.58. The Labute approximate surface area is 106 Å². The molecule has 1 N–H and O–H groups in total. The fraction of sp³-hybridized carbons (Fsp3) is 0.385. The van der Waals surface area contributed by atoms with Crippen LogP contribution in [-0.2, 0) is 9.53 Å². The second-order valence-electron chi connectivity index (χ2n) is 4.42. The molecular formula is C13H16N2O3. The van der Waals surface area contributed by atoms with E-state index in [-0.39, 0.29) is 11.9 Å². The minimum atomic E-state index is -0.508. The monoisotopic (exact) mass is 248 g/mol. The maximum atomic E-state index is 11.9. The van der Waals surface area contributed by atoms with Crippen molar-refractivity contribution in [3.05, 3.63) is 29.8 Å². The Hall–Kier alpha value is -2.04. The summed E-state index contributed by atoms with van der Waals surface area (Å²) in [7, 11) is 3.87. The van der Waals surface area contributed by atoms with Gasteiger partial charge in [-0.2, -0.15) is 0 Å². The van der Waals surface area contributed by atoms with Gasteiger partial charge in [-0.3, -0.25) is 4.79 Å². The molecule has 0 spiro atoms. The summed E-state index contributed by atoms with van der Waals surface area (Å²) in [4.78, 5) is 25.1. The van der Waals surface area contributed by atoms with E-state index in [1.807, 2.05) is 31.1 Å². The molecule has 1 aromatic carbocycles. The van der Waals surface area contributed by atoms with Crippen molar-refractivity contribution in [3.8, 4) is 0 Å². The van der Waals surface area contributed by atoms with Crippen LogP contribution in [0.4, 0.5) is 5.69 Å². The van der Waals surface area contributed by atoms with E-state index in [1.165, 1.54) is 0 Å². The Bertz CT molecular complexity index is 454. The van der Waals surface area contributed by atoms with E-state index in [0.29, 0.717) is 18.6 Å². The van der Waals surface area contributed by atoms with Crippen molar-refractivity contribution in [1.82, 2.24) is 5.32 Å². The smallest absolute Gasteiger partial charge is 0.328 e. The van der Waals surface area contributed by atoms with Crippen LogP contribution in [0.3, 0.4) is 0 Å². The number of esters is 1. The standard InChI is InChI=1S/C13H16N2O3/c1-15(2)10-5-3-9(4-6-10)12(16)14-11-7-8-18-13(11)17/h3-6,11H,7-8H2,1-2H3,(H,14,16). The van der Waals surface area contributed by atoms with Crippen LogP contribution in [0, 0.1) is 0 Å². The second-order valence-corrected chi connectivity index (χ2v) is 4.42. The normalized spacial score (nSPS) is 18.3. The third-order valence-electron chi connectivity index (χ3n) is 2.89.